The van der Waals surface area contributed by atoms with Gasteiger partial charge in [0.15, 0.2) is 23.5 Å². The Balaban J connectivity index is 1.21. The van der Waals surface area contributed by atoms with E-state index in [1.807, 2.05) is 18.2 Å². The zero-order valence-electron chi connectivity index (χ0n) is 24.2. The van der Waals surface area contributed by atoms with Crippen molar-refractivity contribution in [1.82, 2.24) is 0 Å². The van der Waals surface area contributed by atoms with Gasteiger partial charge in [-0.05, 0) is 79.0 Å². The fourth-order valence-electron chi connectivity index (χ4n) is 9.52. The Morgan fingerprint density at radius 3 is 2.76 bits per heavy atom. The van der Waals surface area contributed by atoms with Gasteiger partial charge in [-0.1, -0.05) is 69.2 Å². The lowest BCUT2D eigenvalue weighted by Crippen LogP contribution is -2.63. The van der Waals surface area contributed by atoms with Crippen LogP contribution < -0.4 is 0 Å². The van der Waals surface area contributed by atoms with Gasteiger partial charge < -0.3 is 14.6 Å². The molecular formula is C35H40O5S. The molecule has 1 N–H and O–H groups in total. The second kappa shape index (κ2) is 9.90. The van der Waals surface area contributed by atoms with Gasteiger partial charge in [-0.2, -0.15) is 0 Å². The maximum atomic E-state index is 14.5. The Hall–Kier alpha value is -2.25. The number of Topliss-reactive ketones (excluding diaryl/α,β-unsaturated/α-hetero) is 1. The summed E-state index contributed by atoms with van der Waals surface area (Å²) in [5, 5.41) is 14.3. The molecule has 0 spiro atoms. The lowest BCUT2D eigenvalue weighted by molar-refractivity contribution is -0.197. The van der Waals surface area contributed by atoms with Crippen LogP contribution in [0.3, 0.4) is 0 Å². The molecule has 216 valence electrons. The number of hydrogen-bond donors (Lipinski definition) is 1. The zero-order chi connectivity index (χ0) is 28.6. The summed E-state index contributed by atoms with van der Waals surface area (Å²) >= 11 is 1.57. The molecule has 6 heteroatoms. The van der Waals surface area contributed by atoms with Crippen LogP contribution >= 0.6 is 11.8 Å². The van der Waals surface area contributed by atoms with Crippen LogP contribution in [0, 0.1) is 28.6 Å². The maximum Gasteiger partial charge on any atom is 0.178 e. The highest BCUT2D eigenvalue weighted by Crippen LogP contribution is 2.69. The highest BCUT2D eigenvalue weighted by Gasteiger charge is 2.75. The number of thioether (sulfide) groups is 1. The fourth-order valence-corrected chi connectivity index (χ4v) is 10.4. The third kappa shape index (κ3) is 4.01. The van der Waals surface area contributed by atoms with E-state index in [1.165, 1.54) is 5.39 Å². The van der Waals surface area contributed by atoms with E-state index in [2.05, 4.69) is 51.1 Å². The van der Waals surface area contributed by atoms with E-state index >= 15 is 0 Å². The minimum Gasteiger partial charge on any atom is -0.393 e. The monoisotopic (exact) mass is 572 g/mol. The van der Waals surface area contributed by atoms with Crippen molar-refractivity contribution in [3.63, 3.8) is 0 Å². The molecule has 9 atom stereocenters. The van der Waals surface area contributed by atoms with Gasteiger partial charge in [0.05, 0.1) is 18.0 Å². The Bertz CT molecular complexity index is 1460. The molecule has 6 unspecified atom stereocenters. The SMILES string of the molecule is CCCC1O[C@@H]2CC3C4CCC5=CC(=O)C=CC5(C)C4[C@@H](O)CC3(C)[C@@]2(C(=O)CSc2ccc3ccccc3c2)O1. The number of aliphatic hydroxyl groups excluding tert-OH is 1. The van der Waals surface area contributed by atoms with Gasteiger partial charge in [0.2, 0.25) is 0 Å². The number of rotatable bonds is 6. The molecule has 4 fully saturated rings. The number of hydrogen-bond acceptors (Lipinski definition) is 6. The maximum absolute atomic E-state index is 14.5. The summed E-state index contributed by atoms with van der Waals surface area (Å²) in [6, 6.07) is 14.6. The van der Waals surface area contributed by atoms with Crippen molar-refractivity contribution in [3.8, 4) is 0 Å². The molecular weight excluding hydrogens is 532 g/mol. The Morgan fingerprint density at radius 1 is 1.15 bits per heavy atom. The van der Waals surface area contributed by atoms with Crippen molar-refractivity contribution >= 4 is 34.1 Å². The molecule has 3 saturated carbocycles. The Morgan fingerprint density at radius 2 is 1.95 bits per heavy atom. The molecule has 41 heavy (non-hydrogen) atoms. The van der Waals surface area contributed by atoms with Gasteiger partial charge >= 0.3 is 0 Å². The minimum atomic E-state index is -1.07. The molecule has 4 aliphatic carbocycles. The smallest absolute Gasteiger partial charge is 0.178 e. The average Bonchev–Trinajstić information content (AvgIpc) is 3.44. The second-order valence-electron chi connectivity index (χ2n) is 13.4. The summed E-state index contributed by atoms with van der Waals surface area (Å²) in [4.78, 5) is 27.8. The van der Waals surface area contributed by atoms with Crippen LogP contribution in [0.1, 0.15) is 59.3 Å². The quantitative estimate of drug-likeness (QED) is 0.390. The number of fused-ring (bicyclic) bond motifs is 8. The van der Waals surface area contributed by atoms with E-state index in [0.29, 0.717) is 12.2 Å². The van der Waals surface area contributed by atoms with Gasteiger partial charge in [0.25, 0.3) is 0 Å². The predicted molar refractivity (Wildman–Crippen MR) is 160 cm³/mol. The van der Waals surface area contributed by atoms with Crippen molar-refractivity contribution in [2.75, 3.05) is 5.75 Å². The first kappa shape index (κ1) is 27.6. The summed E-state index contributed by atoms with van der Waals surface area (Å²) in [5.41, 5.74) is -0.804. The van der Waals surface area contributed by atoms with Crippen molar-refractivity contribution in [2.24, 2.45) is 28.6 Å². The Kier molecular flexibility index (Phi) is 6.66. The molecule has 1 saturated heterocycles. The second-order valence-corrected chi connectivity index (χ2v) is 14.4. The van der Waals surface area contributed by atoms with E-state index in [1.54, 1.807) is 23.9 Å². The molecule has 7 rings (SSSR count). The summed E-state index contributed by atoms with van der Waals surface area (Å²) in [6.07, 6.45) is 8.89. The third-order valence-corrected chi connectivity index (χ3v) is 12.3. The van der Waals surface area contributed by atoms with Gasteiger partial charge in [-0.25, -0.2) is 0 Å². The molecule has 1 heterocycles. The summed E-state index contributed by atoms with van der Waals surface area (Å²) in [6.45, 7) is 6.49. The zero-order valence-corrected chi connectivity index (χ0v) is 25.0. The molecule has 0 bridgehead atoms. The fraction of sp³-hybridized carbons (Fsp3) is 0.543. The van der Waals surface area contributed by atoms with Crippen molar-refractivity contribution in [2.45, 2.75) is 88.3 Å². The van der Waals surface area contributed by atoms with Gasteiger partial charge in [-0.15, -0.1) is 11.8 Å². The van der Waals surface area contributed by atoms with Crippen LogP contribution in [-0.2, 0) is 19.1 Å². The van der Waals surface area contributed by atoms with Gasteiger partial charge in [0.1, 0.15) is 0 Å². The van der Waals surface area contributed by atoms with Crippen LogP contribution in [0.15, 0.2) is 71.2 Å². The Labute approximate surface area is 246 Å². The van der Waals surface area contributed by atoms with E-state index in [-0.39, 0.29) is 40.8 Å². The summed E-state index contributed by atoms with van der Waals surface area (Å²) in [7, 11) is 0. The molecule has 0 amide bonds. The van der Waals surface area contributed by atoms with Crippen LogP contribution in [0.5, 0.6) is 0 Å². The highest BCUT2D eigenvalue weighted by molar-refractivity contribution is 8.00. The number of ether oxygens (including phenoxy) is 2. The molecule has 1 aliphatic heterocycles. The third-order valence-electron chi connectivity index (χ3n) is 11.3. The topological polar surface area (TPSA) is 72.8 Å². The van der Waals surface area contributed by atoms with Gasteiger partial charge in [-0.3, -0.25) is 9.59 Å². The van der Waals surface area contributed by atoms with E-state index in [0.717, 1.165) is 48.0 Å². The average molecular weight is 573 g/mol. The largest absolute Gasteiger partial charge is 0.393 e. The van der Waals surface area contributed by atoms with Crippen molar-refractivity contribution in [1.29, 1.82) is 0 Å². The predicted octanol–water partition coefficient (Wildman–Crippen LogP) is 6.67. The first-order valence-corrected chi connectivity index (χ1v) is 16.3. The molecule has 2 aromatic rings. The van der Waals surface area contributed by atoms with Crippen LogP contribution in [-0.4, -0.2) is 46.5 Å². The number of benzene rings is 2. The molecule has 0 aromatic heterocycles. The van der Waals surface area contributed by atoms with E-state index in [4.69, 9.17) is 9.47 Å². The molecule has 0 radical (unpaired) electrons. The number of ketones is 2. The summed E-state index contributed by atoms with van der Waals surface area (Å²) < 4.78 is 13.4. The standard InChI is InChI=1S/C35H40O5S/c1-4-7-31-39-30-18-27-26-13-11-23-17-24(36)14-15-33(23,2)32(26)28(37)19-34(27,3)35(30,40-31)29(38)20-41-25-12-10-21-8-5-6-9-22(21)16-25/h5-6,8-10,12,14-17,26-28,30-32,37H,4,7,11,13,18-20H2,1-3H3/t26?,27?,28-,30+,31?,32?,33?,34?,35-/m0/s1. The lowest BCUT2D eigenvalue weighted by atomic mass is 9.46. The molecule has 2 aromatic carbocycles. The minimum absolute atomic E-state index is 0.00863. The van der Waals surface area contributed by atoms with Crippen LogP contribution in [0.25, 0.3) is 10.8 Å². The lowest BCUT2D eigenvalue weighted by Gasteiger charge is -2.59. The van der Waals surface area contributed by atoms with E-state index < -0.39 is 23.4 Å². The first-order chi connectivity index (χ1) is 19.7. The number of allylic oxidation sites excluding steroid dienone is 4. The van der Waals surface area contributed by atoms with Crippen LogP contribution in [0.4, 0.5) is 0 Å². The summed E-state index contributed by atoms with van der Waals surface area (Å²) in [5.74, 6) is 0.860. The normalized spacial score (nSPS) is 41.0. The number of carbonyl (C=O) groups excluding carboxylic acids is 2. The van der Waals surface area contributed by atoms with E-state index in [9.17, 15) is 14.7 Å². The number of carbonyl (C=O) groups is 2. The highest BCUT2D eigenvalue weighted by atomic mass is 32.2. The molecule has 5 nitrogen and oxygen atoms in total. The first-order valence-electron chi connectivity index (χ1n) is 15.3. The molecule has 5 aliphatic rings. The van der Waals surface area contributed by atoms with Crippen molar-refractivity contribution in [3.05, 3.63) is 66.3 Å². The van der Waals surface area contributed by atoms with Crippen LogP contribution in [0.2, 0.25) is 0 Å². The van der Waals surface area contributed by atoms with Gasteiger partial charge in [0, 0.05) is 21.6 Å². The van der Waals surface area contributed by atoms with Crippen molar-refractivity contribution < 1.29 is 24.2 Å². The number of aliphatic hydroxyl groups is 1.